The summed E-state index contributed by atoms with van der Waals surface area (Å²) in [7, 11) is 0. The maximum atomic E-state index is 13.4. The summed E-state index contributed by atoms with van der Waals surface area (Å²) in [6.45, 7) is -0.0279. The number of nitrogens with one attached hydrogen (secondary N) is 1. The number of furan rings is 1. The van der Waals surface area contributed by atoms with E-state index in [-0.39, 0.29) is 18.0 Å². The van der Waals surface area contributed by atoms with Gasteiger partial charge in [0.2, 0.25) is 5.76 Å². The molecule has 1 N–H and O–H groups in total. The van der Waals surface area contributed by atoms with Crippen LogP contribution >= 0.6 is 0 Å². The highest BCUT2D eigenvalue weighted by Crippen LogP contribution is 2.31. The lowest BCUT2D eigenvalue weighted by Gasteiger charge is -2.10. The van der Waals surface area contributed by atoms with Gasteiger partial charge in [0.15, 0.2) is 0 Å². The van der Waals surface area contributed by atoms with Crippen LogP contribution in [0.5, 0.6) is 0 Å². The average Bonchev–Trinajstić information content (AvgIpc) is 2.84. The number of nitrogens with zero attached hydrogens (tertiary/aromatic N) is 1. The predicted molar refractivity (Wildman–Crippen MR) is 62.2 cm³/mol. The molecular formula is C13H8F4N2O. The van der Waals surface area contributed by atoms with Crippen molar-refractivity contribution < 1.29 is 22.0 Å². The topological polar surface area (TPSA) is 49.0 Å². The third-order valence-electron chi connectivity index (χ3n) is 2.52. The molecule has 1 heterocycles. The summed E-state index contributed by atoms with van der Waals surface area (Å²) in [6.07, 6.45) is -4.54. The largest absolute Gasteiger partial charge is 0.449 e. The Morgan fingerprint density at radius 3 is 2.55 bits per heavy atom. The van der Waals surface area contributed by atoms with Crippen molar-refractivity contribution in [3.63, 3.8) is 0 Å². The highest BCUT2D eigenvalue weighted by molar-refractivity contribution is 5.48. The lowest BCUT2D eigenvalue weighted by atomic mass is 10.2. The van der Waals surface area contributed by atoms with E-state index in [0.29, 0.717) is 17.9 Å². The number of hydrogen-bond donors (Lipinski definition) is 1. The zero-order valence-electron chi connectivity index (χ0n) is 9.96. The van der Waals surface area contributed by atoms with Crippen LogP contribution in [0.4, 0.5) is 23.2 Å². The number of alkyl halides is 3. The molecule has 3 nitrogen and oxygen atoms in total. The fraction of sp³-hybridized carbons (Fsp3) is 0.154. The second kappa shape index (κ2) is 5.25. The van der Waals surface area contributed by atoms with Crippen LogP contribution in [-0.4, -0.2) is 0 Å². The van der Waals surface area contributed by atoms with Crippen molar-refractivity contribution in [1.82, 2.24) is 0 Å². The lowest BCUT2D eigenvalue weighted by Crippen LogP contribution is -2.07. The molecule has 0 aliphatic heterocycles. The lowest BCUT2D eigenvalue weighted by molar-refractivity contribution is -0.137. The first kappa shape index (κ1) is 13.9. The molecule has 0 amide bonds. The average molecular weight is 284 g/mol. The molecule has 0 bridgehead atoms. The van der Waals surface area contributed by atoms with E-state index in [2.05, 4.69) is 5.32 Å². The third kappa shape index (κ3) is 3.09. The molecule has 20 heavy (non-hydrogen) atoms. The van der Waals surface area contributed by atoms with E-state index in [1.54, 1.807) is 6.07 Å². The molecule has 0 aliphatic carbocycles. The van der Waals surface area contributed by atoms with E-state index in [9.17, 15) is 17.6 Å². The molecule has 0 atom stereocenters. The number of benzene rings is 1. The van der Waals surface area contributed by atoms with Crippen molar-refractivity contribution in [3.8, 4) is 6.07 Å². The minimum Gasteiger partial charge on any atom is -0.449 e. The number of hydrogen-bond acceptors (Lipinski definition) is 3. The van der Waals surface area contributed by atoms with E-state index < -0.39 is 17.6 Å². The van der Waals surface area contributed by atoms with Gasteiger partial charge in [-0.3, -0.25) is 0 Å². The van der Waals surface area contributed by atoms with Crippen molar-refractivity contribution in [2.24, 2.45) is 0 Å². The Kier molecular flexibility index (Phi) is 3.66. The number of anilines is 1. The third-order valence-corrected chi connectivity index (χ3v) is 2.52. The van der Waals surface area contributed by atoms with E-state index in [4.69, 9.17) is 9.68 Å². The van der Waals surface area contributed by atoms with Crippen molar-refractivity contribution >= 4 is 5.69 Å². The first-order valence-corrected chi connectivity index (χ1v) is 5.49. The molecule has 0 unspecified atom stereocenters. The van der Waals surface area contributed by atoms with Crippen LogP contribution in [-0.2, 0) is 12.7 Å². The van der Waals surface area contributed by atoms with Crippen LogP contribution in [0.1, 0.15) is 17.1 Å². The van der Waals surface area contributed by atoms with Gasteiger partial charge in [0.05, 0.1) is 17.8 Å². The van der Waals surface area contributed by atoms with Crippen LogP contribution in [0, 0.1) is 17.1 Å². The summed E-state index contributed by atoms with van der Waals surface area (Å²) in [5.74, 6) is -0.408. The van der Waals surface area contributed by atoms with Crippen molar-refractivity contribution in [2.45, 2.75) is 12.7 Å². The Morgan fingerprint density at radius 1 is 1.20 bits per heavy atom. The predicted octanol–water partition coefficient (Wildman–Crippen LogP) is 3.92. The number of nitriles is 1. The van der Waals surface area contributed by atoms with Crippen LogP contribution in [0.15, 0.2) is 34.7 Å². The Labute approximate surface area is 111 Å². The SMILES string of the molecule is N#Cc1ccc(CNc2cc(C(F)(F)F)ccc2F)o1. The summed E-state index contributed by atoms with van der Waals surface area (Å²) < 4.78 is 56.0. The minimum atomic E-state index is -4.54. The van der Waals surface area contributed by atoms with Gasteiger partial charge in [0.25, 0.3) is 0 Å². The van der Waals surface area contributed by atoms with Gasteiger partial charge >= 0.3 is 6.18 Å². The quantitative estimate of drug-likeness (QED) is 0.869. The molecule has 0 radical (unpaired) electrons. The summed E-state index contributed by atoms with van der Waals surface area (Å²) in [5, 5.41) is 11.1. The maximum Gasteiger partial charge on any atom is 0.416 e. The van der Waals surface area contributed by atoms with Gasteiger partial charge in [-0.05, 0) is 30.3 Å². The van der Waals surface area contributed by atoms with Crippen molar-refractivity contribution in [2.75, 3.05) is 5.32 Å². The van der Waals surface area contributed by atoms with Gasteiger partial charge in [-0.2, -0.15) is 18.4 Å². The maximum absolute atomic E-state index is 13.4. The standard InChI is InChI=1S/C13H8F4N2O/c14-11-4-1-8(13(15,16)17)5-12(11)19-7-10-3-2-9(6-18)20-10/h1-5,19H,7H2. The number of halogens is 4. The van der Waals surface area contributed by atoms with E-state index in [1.165, 1.54) is 12.1 Å². The Balaban J connectivity index is 2.15. The summed E-state index contributed by atoms with van der Waals surface area (Å²) in [5.41, 5.74) is -1.23. The van der Waals surface area contributed by atoms with Crippen molar-refractivity contribution in [3.05, 3.63) is 53.2 Å². The minimum absolute atomic E-state index is 0.0279. The molecule has 0 aliphatic rings. The van der Waals surface area contributed by atoms with Gasteiger partial charge in [0.1, 0.15) is 17.6 Å². The molecule has 7 heteroatoms. The van der Waals surface area contributed by atoms with Crippen LogP contribution in [0.3, 0.4) is 0 Å². The zero-order valence-corrected chi connectivity index (χ0v) is 9.96. The fourth-order valence-corrected chi connectivity index (χ4v) is 1.55. The van der Waals surface area contributed by atoms with Crippen LogP contribution in [0.25, 0.3) is 0 Å². The van der Waals surface area contributed by atoms with Gasteiger partial charge < -0.3 is 9.73 Å². The van der Waals surface area contributed by atoms with Gasteiger partial charge in [-0.1, -0.05) is 0 Å². The van der Waals surface area contributed by atoms with E-state index in [1.807, 2.05) is 0 Å². The first-order chi connectivity index (χ1) is 9.40. The molecule has 2 rings (SSSR count). The Bertz CT molecular complexity index is 655. The summed E-state index contributed by atoms with van der Waals surface area (Å²) in [4.78, 5) is 0. The molecule has 0 spiro atoms. The molecule has 104 valence electrons. The second-order valence-electron chi connectivity index (χ2n) is 3.92. The fourth-order valence-electron chi connectivity index (χ4n) is 1.55. The van der Waals surface area contributed by atoms with Crippen LogP contribution < -0.4 is 5.32 Å². The molecule has 2 aromatic rings. The van der Waals surface area contributed by atoms with Gasteiger partial charge in [0, 0.05) is 0 Å². The second-order valence-corrected chi connectivity index (χ2v) is 3.92. The molecule has 1 aromatic heterocycles. The van der Waals surface area contributed by atoms with E-state index in [0.717, 1.165) is 6.07 Å². The van der Waals surface area contributed by atoms with Gasteiger partial charge in [-0.25, -0.2) is 4.39 Å². The molecule has 0 saturated heterocycles. The zero-order chi connectivity index (χ0) is 14.8. The summed E-state index contributed by atoms with van der Waals surface area (Å²) in [6, 6.07) is 6.76. The normalized spacial score (nSPS) is 11.2. The smallest absolute Gasteiger partial charge is 0.416 e. The molecule has 0 saturated carbocycles. The highest BCUT2D eigenvalue weighted by atomic mass is 19.4. The Hall–Kier alpha value is -2.49. The Morgan fingerprint density at radius 2 is 1.95 bits per heavy atom. The first-order valence-electron chi connectivity index (χ1n) is 5.49. The van der Waals surface area contributed by atoms with Gasteiger partial charge in [-0.15, -0.1) is 0 Å². The van der Waals surface area contributed by atoms with Crippen molar-refractivity contribution in [1.29, 1.82) is 5.26 Å². The van der Waals surface area contributed by atoms with Crippen LogP contribution in [0.2, 0.25) is 0 Å². The summed E-state index contributed by atoms with van der Waals surface area (Å²) >= 11 is 0. The molecular weight excluding hydrogens is 276 g/mol. The highest BCUT2D eigenvalue weighted by Gasteiger charge is 2.31. The van der Waals surface area contributed by atoms with E-state index >= 15 is 0 Å². The molecule has 1 aromatic carbocycles. The molecule has 0 fully saturated rings. The number of rotatable bonds is 3. The monoisotopic (exact) mass is 284 g/mol.